The van der Waals surface area contributed by atoms with Crippen molar-refractivity contribution in [1.82, 2.24) is 20.2 Å². The van der Waals surface area contributed by atoms with Gasteiger partial charge in [-0.15, -0.1) is 0 Å². The average Bonchev–Trinajstić information content (AvgIpc) is 3.29. The van der Waals surface area contributed by atoms with Gasteiger partial charge in [-0.05, 0) is 17.2 Å². The molecule has 0 aliphatic carbocycles. The fourth-order valence-electron chi connectivity index (χ4n) is 2.81. The van der Waals surface area contributed by atoms with E-state index in [4.69, 9.17) is 0 Å². The Balaban J connectivity index is 1.59. The number of anilines is 1. The van der Waals surface area contributed by atoms with Crippen molar-refractivity contribution in [3.63, 3.8) is 0 Å². The van der Waals surface area contributed by atoms with Crippen LogP contribution in [-0.4, -0.2) is 26.4 Å². The Kier molecular flexibility index (Phi) is 4.95. The van der Waals surface area contributed by atoms with Crippen molar-refractivity contribution in [2.24, 2.45) is 5.10 Å². The zero-order chi connectivity index (χ0) is 20.1. The molecule has 4 aromatic rings. The molecule has 8 heteroatoms. The lowest BCUT2D eigenvalue weighted by atomic mass is 10.1. The zero-order valence-electron chi connectivity index (χ0n) is 15.1. The highest BCUT2D eigenvalue weighted by molar-refractivity contribution is 5.82. The van der Waals surface area contributed by atoms with E-state index in [0.29, 0.717) is 11.3 Å². The van der Waals surface area contributed by atoms with E-state index in [2.05, 4.69) is 30.7 Å². The molecule has 29 heavy (non-hydrogen) atoms. The Morgan fingerprint density at radius 3 is 2.66 bits per heavy atom. The number of hydrazone groups is 1. The summed E-state index contributed by atoms with van der Waals surface area (Å²) in [6.45, 7) is 0. The van der Waals surface area contributed by atoms with Gasteiger partial charge in [-0.25, -0.2) is 10.4 Å². The highest BCUT2D eigenvalue weighted by Gasteiger charge is 2.12. The normalized spacial score (nSPS) is 10.7. The van der Waals surface area contributed by atoms with Crippen LogP contribution >= 0.6 is 0 Å². The summed E-state index contributed by atoms with van der Waals surface area (Å²) in [6, 6.07) is 18.7. The first-order valence-corrected chi connectivity index (χ1v) is 8.73. The molecule has 0 radical (unpaired) electrons. The molecule has 0 unspecified atom stereocenters. The summed E-state index contributed by atoms with van der Waals surface area (Å²) in [5.41, 5.74) is 5.96. The molecule has 0 spiro atoms. The monoisotopic (exact) mass is 381 g/mol. The third kappa shape index (κ3) is 3.94. The molecule has 8 nitrogen and oxygen atoms in total. The molecule has 0 fully saturated rings. The van der Waals surface area contributed by atoms with Crippen LogP contribution in [0.5, 0.6) is 0 Å². The van der Waals surface area contributed by atoms with Crippen molar-refractivity contribution in [3.05, 3.63) is 88.5 Å². The number of nitrogens with one attached hydrogen (secondary N) is 3. The molecule has 0 aliphatic heterocycles. The van der Waals surface area contributed by atoms with Gasteiger partial charge in [0.15, 0.2) is 0 Å². The third-order valence-corrected chi connectivity index (χ3v) is 4.18. The van der Waals surface area contributed by atoms with Crippen molar-refractivity contribution in [2.45, 2.75) is 0 Å². The van der Waals surface area contributed by atoms with Crippen LogP contribution in [0.1, 0.15) is 11.1 Å². The number of aromatic nitrogens is 4. The van der Waals surface area contributed by atoms with E-state index in [-0.39, 0.29) is 11.5 Å². The Labute approximate surface area is 165 Å². The Bertz CT molecular complexity index is 1250. The molecule has 0 atom stereocenters. The first-order chi connectivity index (χ1) is 14.2. The zero-order valence-corrected chi connectivity index (χ0v) is 15.1. The molecule has 0 amide bonds. The fourth-order valence-corrected chi connectivity index (χ4v) is 2.81. The SMILES string of the molecule is N#Cc1c(-c2ccccc2)nc(NN=Cc2cccc(-c3cn[nH]c3)c2)[nH]c1=O. The Hall–Kier alpha value is -4.51. The van der Waals surface area contributed by atoms with Gasteiger partial charge in [0.25, 0.3) is 5.56 Å². The minimum Gasteiger partial charge on any atom is -0.290 e. The van der Waals surface area contributed by atoms with Crippen LogP contribution in [0.25, 0.3) is 22.4 Å². The van der Waals surface area contributed by atoms with Gasteiger partial charge < -0.3 is 0 Å². The first-order valence-electron chi connectivity index (χ1n) is 8.73. The van der Waals surface area contributed by atoms with E-state index in [1.165, 1.54) is 0 Å². The van der Waals surface area contributed by atoms with Gasteiger partial charge >= 0.3 is 0 Å². The first kappa shape index (κ1) is 17.9. The molecule has 3 N–H and O–H groups in total. The van der Waals surface area contributed by atoms with Crippen molar-refractivity contribution in [2.75, 3.05) is 5.43 Å². The molecule has 2 aromatic carbocycles. The standard InChI is InChI=1S/C21H15N7O/c22-10-18-19(15-6-2-1-3-7-15)26-21(27-20(18)29)28-25-11-14-5-4-8-16(9-14)17-12-23-24-13-17/h1-9,11-13H,(H,23,24)(H2,26,27,28,29). The summed E-state index contributed by atoms with van der Waals surface area (Å²) in [7, 11) is 0. The predicted octanol–water partition coefficient (Wildman–Crippen LogP) is 3.14. The number of hydrogen-bond acceptors (Lipinski definition) is 6. The van der Waals surface area contributed by atoms with Gasteiger partial charge in [0.1, 0.15) is 11.6 Å². The molecule has 0 saturated heterocycles. The molecule has 0 bridgehead atoms. The second kappa shape index (κ2) is 8.02. The van der Waals surface area contributed by atoms with Crippen LogP contribution in [0.4, 0.5) is 5.95 Å². The quantitative estimate of drug-likeness (QED) is 0.362. The molecule has 4 rings (SSSR count). The predicted molar refractivity (Wildman–Crippen MR) is 110 cm³/mol. The summed E-state index contributed by atoms with van der Waals surface area (Å²) in [5.74, 6) is 0.148. The number of H-pyrrole nitrogens is 2. The molecular weight excluding hydrogens is 366 g/mol. The molecular formula is C21H15N7O. The van der Waals surface area contributed by atoms with Crippen LogP contribution in [-0.2, 0) is 0 Å². The van der Waals surface area contributed by atoms with E-state index >= 15 is 0 Å². The topological polar surface area (TPSA) is 123 Å². The maximum atomic E-state index is 12.3. The van der Waals surface area contributed by atoms with Crippen molar-refractivity contribution in [3.8, 4) is 28.5 Å². The highest BCUT2D eigenvalue weighted by Crippen LogP contribution is 2.20. The van der Waals surface area contributed by atoms with E-state index in [1.807, 2.05) is 54.7 Å². The number of hydrogen-bond donors (Lipinski definition) is 3. The van der Waals surface area contributed by atoms with Crippen molar-refractivity contribution in [1.29, 1.82) is 5.26 Å². The molecule has 0 saturated carbocycles. The number of nitriles is 1. The minimum atomic E-state index is -0.527. The van der Waals surface area contributed by atoms with Gasteiger partial charge in [-0.2, -0.15) is 15.5 Å². The van der Waals surface area contributed by atoms with Gasteiger partial charge in [0, 0.05) is 17.3 Å². The van der Waals surface area contributed by atoms with Gasteiger partial charge in [0.05, 0.1) is 18.1 Å². The lowest BCUT2D eigenvalue weighted by molar-refractivity contribution is 1.08. The smallest absolute Gasteiger partial charge is 0.270 e. The van der Waals surface area contributed by atoms with E-state index in [9.17, 15) is 10.1 Å². The maximum absolute atomic E-state index is 12.3. The van der Waals surface area contributed by atoms with E-state index < -0.39 is 5.56 Å². The Morgan fingerprint density at radius 2 is 1.90 bits per heavy atom. The number of rotatable bonds is 5. The summed E-state index contributed by atoms with van der Waals surface area (Å²) in [6.07, 6.45) is 5.17. The van der Waals surface area contributed by atoms with Crippen molar-refractivity contribution < 1.29 is 0 Å². The van der Waals surface area contributed by atoms with Crippen LogP contribution in [0.2, 0.25) is 0 Å². The van der Waals surface area contributed by atoms with Gasteiger partial charge in [-0.3, -0.25) is 14.9 Å². The largest absolute Gasteiger partial charge is 0.290 e. The van der Waals surface area contributed by atoms with Crippen LogP contribution < -0.4 is 11.0 Å². The molecule has 140 valence electrons. The van der Waals surface area contributed by atoms with Gasteiger partial charge in [0.2, 0.25) is 5.95 Å². The lowest BCUT2D eigenvalue weighted by Crippen LogP contribution is -2.16. The van der Waals surface area contributed by atoms with Crippen molar-refractivity contribution >= 4 is 12.2 Å². The fraction of sp³-hybridized carbons (Fsp3) is 0. The average molecular weight is 381 g/mol. The molecule has 2 aromatic heterocycles. The molecule has 0 aliphatic rings. The maximum Gasteiger partial charge on any atom is 0.270 e. The summed E-state index contributed by atoms with van der Waals surface area (Å²) < 4.78 is 0. The summed E-state index contributed by atoms with van der Waals surface area (Å²) >= 11 is 0. The number of nitrogens with zero attached hydrogens (tertiary/aromatic N) is 4. The van der Waals surface area contributed by atoms with E-state index in [1.54, 1.807) is 24.5 Å². The second-order valence-corrected chi connectivity index (χ2v) is 6.10. The van der Waals surface area contributed by atoms with Crippen LogP contribution in [0.3, 0.4) is 0 Å². The van der Waals surface area contributed by atoms with E-state index in [0.717, 1.165) is 16.7 Å². The van der Waals surface area contributed by atoms with Crippen LogP contribution in [0, 0.1) is 11.3 Å². The summed E-state index contributed by atoms with van der Waals surface area (Å²) in [5, 5.41) is 20.2. The highest BCUT2D eigenvalue weighted by atomic mass is 16.1. The minimum absolute atomic E-state index is 0.0430. The van der Waals surface area contributed by atoms with Gasteiger partial charge in [-0.1, -0.05) is 48.5 Å². The summed E-state index contributed by atoms with van der Waals surface area (Å²) in [4.78, 5) is 19.1. The lowest BCUT2D eigenvalue weighted by Gasteiger charge is -2.06. The number of aromatic amines is 2. The second-order valence-electron chi connectivity index (χ2n) is 6.10. The Morgan fingerprint density at radius 1 is 1.07 bits per heavy atom. The third-order valence-electron chi connectivity index (χ3n) is 4.18. The number of benzene rings is 2. The van der Waals surface area contributed by atoms with Crippen LogP contribution in [0.15, 0.2) is 76.9 Å². The molecule has 2 heterocycles.